The van der Waals surface area contributed by atoms with Gasteiger partial charge in [-0.25, -0.2) is 0 Å². The van der Waals surface area contributed by atoms with Gasteiger partial charge in [0.25, 0.3) is 0 Å². The van der Waals surface area contributed by atoms with Gasteiger partial charge < -0.3 is 14.5 Å². The summed E-state index contributed by atoms with van der Waals surface area (Å²) < 4.78 is 11.3. The highest BCUT2D eigenvalue weighted by atomic mass is 16.5. The molecule has 0 saturated carbocycles. The molecule has 23 heavy (non-hydrogen) atoms. The molecule has 0 radical (unpaired) electrons. The summed E-state index contributed by atoms with van der Waals surface area (Å²) in [6.07, 6.45) is 3.67. The first-order valence-electron chi connectivity index (χ1n) is 8.50. The van der Waals surface area contributed by atoms with Crippen LogP contribution >= 0.6 is 0 Å². The van der Waals surface area contributed by atoms with Gasteiger partial charge in [0.2, 0.25) is 5.91 Å². The molecule has 0 unspecified atom stereocenters. The summed E-state index contributed by atoms with van der Waals surface area (Å²) in [5.74, 6) is 1.58. The van der Waals surface area contributed by atoms with Crippen molar-refractivity contribution in [2.45, 2.75) is 45.6 Å². The Bertz CT molecular complexity index is 670. The lowest BCUT2D eigenvalue weighted by Crippen LogP contribution is -2.27. The number of rotatable bonds is 5. The van der Waals surface area contributed by atoms with Crippen LogP contribution in [0.2, 0.25) is 0 Å². The molecule has 0 aliphatic carbocycles. The van der Waals surface area contributed by atoms with E-state index in [1.807, 2.05) is 32.0 Å². The number of nitrogens with one attached hydrogen (secondary N) is 1. The minimum Gasteiger partial charge on any atom is -0.459 e. The summed E-state index contributed by atoms with van der Waals surface area (Å²) in [4.78, 5) is 12.2. The maximum absolute atomic E-state index is 12.2. The van der Waals surface area contributed by atoms with Crippen LogP contribution in [0.3, 0.4) is 0 Å². The molecule has 1 atom stereocenters. The summed E-state index contributed by atoms with van der Waals surface area (Å²) in [5.41, 5.74) is 1.99. The van der Waals surface area contributed by atoms with E-state index in [0.29, 0.717) is 12.3 Å². The number of carbonyl (C=O) groups excluding carboxylic acids is 1. The van der Waals surface area contributed by atoms with Crippen molar-refractivity contribution in [1.82, 2.24) is 5.32 Å². The van der Waals surface area contributed by atoms with E-state index in [1.165, 1.54) is 0 Å². The van der Waals surface area contributed by atoms with Crippen LogP contribution in [0.15, 0.2) is 28.7 Å². The molecule has 3 rings (SSSR count). The second kappa shape index (κ2) is 7.18. The van der Waals surface area contributed by atoms with E-state index in [9.17, 15) is 4.79 Å². The first-order valence-corrected chi connectivity index (χ1v) is 8.50. The molecular formula is C19H25NO3. The minimum atomic E-state index is -0.107. The zero-order valence-electron chi connectivity index (χ0n) is 13.9. The summed E-state index contributed by atoms with van der Waals surface area (Å²) in [5, 5.41) is 4.19. The van der Waals surface area contributed by atoms with Gasteiger partial charge in [-0.15, -0.1) is 0 Å². The van der Waals surface area contributed by atoms with Crippen LogP contribution in [0.4, 0.5) is 0 Å². The predicted octanol–water partition coefficient (Wildman–Crippen LogP) is 4.13. The second-order valence-corrected chi connectivity index (χ2v) is 6.47. The number of amides is 1. The van der Waals surface area contributed by atoms with Crippen molar-refractivity contribution in [3.8, 4) is 0 Å². The molecule has 1 aromatic heterocycles. The molecule has 1 amide bonds. The number of carbonyl (C=O) groups is 1. The third-order valence-corrected chi connectivity index (χ3v) is 4.77. The summed E-state index contributed by atoms with van der Waals surface area (Å²) in [6.45, 7) is 5.70. The van der Waals surface area contributed by atoms with Gasteiger partial charge in [-0.3, -0.25) is 4.79 Å². The van der Waals surface area contributed by atoms with E-state index in [4.69, 9.17) is 9.15 Å². The predicted molar refractivity (Wildman–Crippen MR) is 90.3 cm³/mol. The molecule has 124 valence electrons. The number of benzene rings is 1. The second-order valence-electron chi connectivity index (χ2n) is 6.47. The molecule has 1 fully saturated rings. The molecule has 0 spiro atoms. The summed E-state index contributed by atoms with van der Waals surface area (Å²) in [6, 6.07) is 7.88. The van der Waals surface area contributed by atoms with Gasteiger partial charge in [-0.05, 0) is 45.1 Å². The van der Waals surface area contributed by atoms with Crippen molar-refractivity contribution in [2.75, 3.05) is 13.2 Å². The smallest absolute Gasteiger partial charge is 0.220 e. The molecule has 2 heterocycles. The quantitative estimate of drug-likeness (QED) is 0.902. The molecule has 1 aliphatic heterocycles. The fourth-order valence-corrected chi connectivity index (χ4v) is 3.36. The van der Waals surface area contributed by atoms with E-state index < -0.39 is 0 Å². The highest BCUT2D eigenvalue weighted by Gasteiger charge is 2.19. The zero-order valence-corrected chi connectivity index (χ0v) is 13.9. The molecular weight excluding hydrogens is 290 g/mol. The summed E-state index contributed by atoms with van der Waals surface area (Å²) in [7, 11) is 0. The molecule has 0 bridgehead atoms. The van der Waals surface area contributed by atoms with Gasteiger partial charge in [0.05, 0.1) is 6.04 Å². The lowest BCUT2D eigenvalue weighted by molar-refractivity contribution is -0.122. The van der Waals surface area contributed by atoms with Gasteiger partial charge in [0.15, 0.2) is 0 Å². The normalized spacial score (nSPS) is 17.3. The zero-order chi connectivity index (χ0) is 16.2. The highest BCUT2D eigenvalue weighted by Crippen LogP contribution is 2.29. The number of ether oxygens (including phenoxy) is 1. The van der Waals surface area contributed by atoms with Crippen LogP contribution < -0.4 is 5.32 Å². The minimum absolute atomic E-state index is 0.101. The lowest BCUT2D eigenvalue weighted by atomic mass is 9.95. The fraction of sp³-hybridized carbons (Fsp3) is 0.526. The van der Waals surface area contributed by atoms with E-state index in [-0.39, 0.29) is 11.9 Å². The van der Waals surface area contributed by atoms with Crippen molar-refractivity contribution < 1.29 is 13.9 Å². The molecule has 1 aliphatic rings. The Morgan fingerprint density at radius 2 is 2.04 bits per heavy atom. The van der Waals surface area contributed by atoms with Crippen molar-refractivity contribution in [2.24, 2.45) is 5.92 Å². The number of para-hydroxylation sites is 1. The Hall–Kier alpha value is -1.81. The maximum atomic E-state index is 12.2. The molecule has 1 saturated heterocycles. The van der Waals surface area contributed by atoms with Crippen molar-refractivity contribution in [3.05, 3.63) is 35.6 Å². The standard InChI is InChI=1S/C19H25NO3/c1-13-16-5-3-4-6-17(16)23-19(13)14(2)20-18(21)8-7-15-9-11-22-12-10-15/h3-6,14-15H,7-12H2,1-2H3,(H,20,21)/t14-/m1/s1. The fourth-order valence-electron chi connectivity index (χ4n) is 3.36. The molecule has 1 N–H and O–H groups in total. The summed E-state index contributed by atoms with van der Waals surface area (Å²) >= 11 is 0. The number of fused-ring (bicyclic) bond motifs is 1. The number of furan rings is 1. The van der Waals surface area contributed by atoms with Gasteiger partial charge in [-0.1, -0.05) is 18.2 Å². The Balaban J connectivity index is 1.57. The number of hydrogen-bond donors (Lipinski definition) is 1. The highest BCUT2D eigenvalue weighted by molar-refractivity contribution is 5.82. The van der Waals surface area contributed by atoms with Gasteiger partial charge >= 0.3 is 0 Å². The van der Waals surface area contributed by atoms with E-state index in [0.717, 1.165) is 54.8 Å². The third-order valence-electron chi connectivity index (χ3n) is 4.77. The lowest BCUT2D eigenvalue weighted by Gasteiger charge is -2.22. The van der Waals surface area contributed by atoms with Gasteiger partial charge in [0, 0.05) is 30.6 Å². The monoisotopic (exact) mass is 315 g/mol. The Kier molecular flexibility index (Phi) is 5.01. The van der Waals surface area contributed by atoms with Gasteiger partial charge in [0.1, 0.15) is 11.3 Å². The van der Waals surface area contributed by atoms with Crippen LogP contribution in [-0.2, 0) is 9.53 Å². The van der Waals surface area contributed by atoms with Crippen molar-refractivity contribution in [3.63, 3.8) is 0 Å². The number of aryl methyl sites for hydroxylation is 1. The van der Waals surface area contributed by atoms with Crippen molar-refractivity contribution >= 4 is 16.9 Å². The molecule has 1 aromatic carbocycles. The van der Waals surface area contributed by atoms with Crippen LogP contribution in [0.5, 0.6) is 0 Å². The van der Waals surface area contributed by atoms with Crippen LogP contribution in [0.1, 0.15) is 50.0 Å². The first-order chi connectivity index (χ1) is 11.1. The van der Waals surface area contributed by atoms with Gasteiger partial charge in [-0.2, -0.15) is 0 Å². The van der Waals surface area contributed by atoms with Crippen LogP contribution in [0, 0.1) is 12.8 Å². The molecule has 4 nitrogen and oxygen atoms in total. The first kappa shape index (κ1) is 16.1. The maximum Gasteiger partial charge on any atom is 0.220 e. The van der Waals surface area contributed by atoms with E-state index in [1.54, 1.807) is 0 Å². The van der Waals surface area contributed by atoms with Crippen LogP contribution in [-0.4, -0.2) is 19.1 Å². The number of hydrogen-bond acceptors (Lipinski definition) is 3. The molecule has 4 heteroatoms. The largest absolute Gasteiger partial charge is 0.459 e. The average molecular weight is 315 g/mol. The Labute approximate surface area is 137 Å². The van der Waals surface area contributed by atoms with E-state index >= 15 is 0 Å². The average Bonchev–Trinajstić information content (AvgIpc) is 2.91. The SMILES string of the molecule is Cc1c([C@@H](C)NC(=O)CCC2CCOCC2)oc2ccccc12. The van der Waals surface area contributed by atoms with Crippen molar-refractivity contribution in [1.29, 1.82) is 0 Å². The van der Waals surface area contributed by atoms with E-state index in [2.05, 4.69) is 11.4 Å². The third kappa shape index (κ3) is 3.75. The molecule has 2 aromatic rings. The Morgan fingerprint density at radius 3 is 2.78 bits per heavy atom. The van der Waals surface area contributed by atoms with Crippen LogP contribution in [0.25, 0.3) is 11.0 Å². The Morgan fingerprint density at radius 1 is 1.30 bits per heavy atom. The topological polar surface area (TPSA) is 51.5 Å².